The summed E-state index contributed by atoms with van der Waals surface area (Å²) in [4.78, 5) is 0. The zero-order chi connectivity index (χ0) is 13.8. The summed E-state index contributed by atoms with van der Waals surface area (Å²) in [6.45, 7) is 4.31. The van der Waals surface area contributed by atoms with E-state index in [1.807, 2.05) is 24.3 Å². The molecule has 0 saturated heterocycles. The number of anilines is 3. The molecule has 0 saturated carbocycles. The van der Waals surface area contributed by atoms with Gasteiger partial charge >= 0.3 is 0 Å². The molecule has 2 rings (SSSR count). The van der Waals surface area contributed by atoms with E-state index in [0.717, 1.165) is 11.4 Å². The Morgan fingerprint density at radius 2 is 1.89 bits per heavy atom. The van der Waals surface area contributed by atoms with Crippen LogP contribution in [0.25, 0.3) is 0 Å². The first kappa shape index (κ1) is 13.0. The quantitative estimate of drug-likeness (QED) is 0.810. The third-order valence-corrected chi connectivity index (χ3v) is 3.06. The Morgan fingerprint density at radius 1 is 1.16 bits per heavy atom. The second-order valence-electron chi connectivity index (χ2n) is 4.78. The van der Waals surface area contributed by atoms with Crippen LogP contribution in [-0.2, 0) is 0 Å². The highest BCUT2D eigenvalue weighted by Crippen LogP contribution is 2.27. The fourth-order valence-electron chi connectivity index (χ4n) is 1.90. The fraction of sp³-hybridized carbons (Fsp3) is 0.188. The molecule has 0 spiro atoms. The predicted molar refractivity (Wildman–Crippen MR) is 79.4 cm³/mol. The maximum absolute atomic E-state index is 8.97. The molecule has 0 aliphatic heterocycles. The van der Waals surface area contributed by atoms with Crippen LogP contribution in [0, 0.1) is 11.3 Å². The summed E-state index contributed by atoms with van der Waals surface area (Å²) in [6.07, 6.45) is 0. The molecular weight excluding hydrogens is 234 g/mol. The Labute approximate surface area is 113 Å². The maximum Gasteiger partial charge on any atom is 0.101 e. The number of nitrogens with zero attached hydrogens (tertiary/aromatic N) is 1. The number of nitrogens with one attached hydrogen (secondary N) is 1. The Kier molecular flexibility index (Phi) is 3.72. The van der Waals surface area contributed by atoms with Crippen molar-refractivity contribution in [3.05, 3.63) is 53.6 Å². The molecule has 0 aliphatic rings. The van der Waals surface area contributed by atoms with E-state index in [1.165, 1.54) is 5.56 Å². The first-order valence-electron chi connectivity index (χ1n) is 6.27. The lowest BCUT2D eigenvalue weighted by molar-refractivity contribution is 0.867. The van der Waals surface area contributed by atoms with E-state index in [-0.39, 0.29) is 0 Å². The lowest BCUT2D eigenvalue weighted by Gasteiger charge is -2.12. The summed E-state index contributed by atoms with van der Waals surface area (Å²) in [5.41, 5.74) is 9.94. The van der Waals surface area contributed by atoms with E-state index in [9.17, 15) is 0 Å². The molecule has 0 aromatic heterocycles. The van der Waals surface area contributed by atoms with Crippen LogP contribution in [0.15, 0.2) is 42.5 Å². The standard InChI is InChI=1S/C16H17N3/c1-11(2)12-5-3-7-14(9-12)19-15-8-4-6-13(10-17)16(15)18/h3-9,11,19H,18H2,1-2H3. The molecule has 3 nitrogen and oxygen atoms in total. The molecule has 19 heavy (non-hydrogen) atoms. The average Bonchev–Trinajstić information content (AvgIpc) is 2.41. The van der Waals surface area contributed by atoms with Crippen molar-refractivity contribution >= 4 is 17.1 Å². The summed E-state index contributed by atoms with van der Waals surface area (Å²) >= 11 is 0. The van der Waals surface area contributed by atoms with Crippen LogP contribution in [0.1, 0.15) is 30.9 Å². The minimum Gasteiger partial charge on any atom is -0.396 e. The van der Waals surface area contributed by atoms with Gasteiger partial charge in [-0.1, -0.05) is 32.0 Å². The first-order valence-corrected chi connectivity index (χ1v) is 6.27. The number of hydrogen-bond donors (Lipinski definition) is 2. The number of hydrogen-bond acceptors (Lipinski definition) is 3. The summed E-state index contributed by atoms with van der Waals surface area (Å²) in [7, 11) is 0. The maximum atomic E-state index is 8.97. The largest absolute Gasteiger partial charge is 0.396 e. The molecule has 3 N–H and O–H groups in total. The molecule has 0 fully saturated rings. The molecule has 0 aliphatic carbocycles. The van der Waals surface area contributed by atoms with Crippen LogP contribution in [0.4, 0.5) is 17.1 Å². The minimum absolute atomic E-state index is 0.476. The van der Waals surface area contributed by atoms with Gasteiger partial charge in [-0.25, -0.2) is 0 Å². The number of para-hydroxylation sites is 1. The van der Waals surface area contributed by atoms with Crippen molar-refractivity contribution in [1.82, 2.24) is 0 Å². The summed E-state index contributed by atoms with van der Waals surface area (Å²) in [5, 5.41) is 12.2. The second kappa shape index (κ2) is 5.45. The van der Waals surface area contributed by atoms with Gasteiger partial charge in [0.15, 0.2) is 0 Å². The van der Waals surface area contributed by atoms with E-state index >= 15 is 0 Å². The number of nitrogens with two attached hydrogens (primary N) is 1. The molecule has 96 valence electrons. The van der Waals surface area contributed by atoms with Crippen molar-refractivity contribution in [2.24, 2.45) is 0 Å². The SMILES string of the molecule is CC(C)c1cccc(Nc2cccc(C#N)c2N)c1. The van der Waals surface area contributed by atoms with Crippen LogP contribution >= 0.6 is 0 Å². The molecule has 2 aromatic carbocycles. The summed E-state index contributed by atoms with van der Waals surface area (Å²) in [6, 6.07) is 15.7. The van der Waals surface area contributed by atoms with Gasteiger partial charge < -0.3 is 11.1 Å². The molecule has 3 heteroatoms. The lowest BCUT2D eigenvalue weighted by Crippen LogP contribution is -1.99. The number of rotatable bonds is 3. The number of benzene rings is 2. The number of nitriles is 1. The van der Waals surface area contributed by atoms with Gasteiger partial charge in [0, 0.05) is 5.69 Å². The fourth-order valence-corrected chi connectivity index (χ4v) is 1.90. The van der Waals surface area contributed by atoms with E-state index in [1.54, 1.807) is 6.07 Å². The molecular formula is C16H17N3. The predicted octanol–water partition coefficient (Wildman–Crippen LogP) is 4.01. The first-order chi connectivity index (χ1) is 9.11. The van der Waals surface area contributed by atoms with Crippen molar-refractivity contribution in [3.8, 4) is 6.07 Å². The summed E-state index contributed by atoms with van der Waals surface area (Å²) < 4.78 is 0. The van der Waals surface area contributed by atoms with Gasteiger partial charge in [0.05, 0.1) is 16.9 Å². The van der Waals surface area contributed by atoms with E-state index in [2.05, 4.69) is 37.4 Å². The van der Waals surface area contributed by atoms with E-state index < -0.39 is 0 Å². The van der Waals surface area contributed by atoms with Gasteiger partial charge in [-0.3, -0.25) is 0 Å². The zero-order valence-corrected chi connectivity index (χ0v) is 11.1. The van der Waals surface area contributed by atoms with Crippen LogP contribution < -0.4 is 11.1 Å². The third kappa shape index (κ3) is 2.86. The van der Waals surface area contributed by atoms with Crippen LogP contribution in [-0.4, -0.2) is 0 Å². The minimum atomic E-state index is 0.476. The van der Waals surface area contributed by atoms with Crippen molar-refractivity contribution < 1.29 is 0 Å². The Hall–Kier alpha value is -2.47. The summed E-state index contributed by atoms with van der Waals surface area (Å²) in [5.74, 6) is 0.476. The molecule has 0 amide bonds. The molecule has 0 atom stereocenters. The van der Waals surface area contributed by atoms with E-state index in [0.29, 0.717) is 17.2 Å². The highest BCUT2D eigenvalue weighted by molar-refractivity contribution is 5.77. The highest BCUT2D eigenvalue weighted by atomic mass is 14.9. The Bertz CT molecular complexity index is 624. The molecule has 0 heterocycles. The highest BCUT2D eigenvalue weighted by Gasteiger charge is 2.05. The van der Waals surface area contributed by atoms with Gasteiger partial charge in [-0.05, 0) is 35.7 Å². The van der Waals surface area contributed by atoms with Crippen molar-refractivity contribution in [2.45, 2.75) is 19.8 Å². The third-order valence-electron chi connectivity index (χ3n) is 3.06. The lowest BCUT2D eigenvalue weighted by atomic mass is 10.0. The van der Waals surface area contributed by atoms with Crippen molar-refractivity contribution in [2.75, 3.05) is 11.1 Å². The Balaban J connectivity index is 2.32. The van der Waals surface area contributed by atoms with Crippen LogP contribution in [0.5, 0.6) is 0 Å². The molecule has 0 unspecified atom stereocenters. The molecule has 2 aromatic rings. The van der Waals surface area contributed by atoms with Gasteiger partial charge in [0.25, 0.3) is 0 Å². The van der Waals surface area contributed by atoms with Crippen LogP contribution in [0.3, 0.4) is 0 Å². The monoisotopic (exact) mass is 251 g/mol. The van der Waals surface area contributed by atoms with Gasteiger partial charge in [0.2, 0.25) is 0 Å². The number of nitrogen functional groups attached to an aromatic ring is 1. The van der Waals surface area contributed by atoms with Gasteiger partial charge in [0.1, 0.15) is 6.07 Å². The van der Waals surface area contributed by atoms with Gasteiger partial charge in [-0.2, -0.15) is 5.26 Å². The Morgan fingerprint density at radius 3 is 2.58 bits per heavy atom. The zero-order valence-electron chi connectivity index (χ0n) is 11.1. The normalized spacial score (nSPS) is 10.2. The molecule has 0 bridgehead atoms. The average molecular weight is 251 g/mol. The molecule has 0 radical (unpaired) electrons. The second-order valence-corrected chi connectivity index (χ2v) is 4.78. The van der Waals surface area contributed by atoms with E-state index in [4.69, 9.17) is 11.0 Å². The van der Waals surface area contributed by atoms with Gasteiger partial charge in [-0.15, -0.1) is 0 Å². The van der Waals surface area contributed by atoms with Crippen molar-refractivity contribution in [1.29, 1.82) is 5.26 Å². The van der Waals surface area contributed by atoms with Crippen LogP contribution in [0.2, 0.25) is 0 Å². The topological polar surface area (TPSA) is 61.8 Å². The van der Waals surface area contributed by atoms with Crippen molar-refractivity contribution in [3.63, 3.8) is 0 Å². The smallest absolute Gasteiger partial charge is 0.101 e.